The second-order valence-electron chi connectivity index (χ2n) is 2.60. The second kappa shape index (κ2) is 3.59. The first-order valence-corrected chi connectivity index (χ1v) is 5.59. The van der Waals surface area contributed by atoms with Crippen LogP contribution in [0.25, 0.3) is 0 Å². The van der Waals surface area contributed by atoms with E-state index in [1.54, 1.807) is 0 Å². The van der Waals surface area contributed by atoms with Gasteiger partial charge in [-0.15, -0.1) is 0 Å². The summed E-state index contributed by atoms with van der Waals surface area (Å²) in [5.41, 5.74) is 0.339. The summed E-state index contributed by atoms with van der Waals surface area (Å²) in [6.45, 7) is 0.469. The van der Waals surface area contributed by atoms with Gasteiger partial charge in [-0.3, -0.25) is 9.59 Å². The monoisotopic (exact) mass is 213 g/mol. The summed E-state index contributed by atoms with van der Waals surface area (Å²) in [5.74, 6) is -0.266. The molecule has 0 radical (unpaired) electrons. The molecule has 1 N–H and O–H groups in total. The van der Waals surface area contributed by atoms with Crippen molar-refractivity contribution in [3.8, 4) is 0 Å². The molecule has 0 spiro atoms. The Labute approximate surface area is 84.0 Å². The van der Waals surface area contributed by atoms with Gasteiger partial charge in [0.1, 0.15) is 5.57 Å². The second-order valence-corrected chi connectivity index (χ2v) is 4.69. The van der Waals surface area contributed by atoms with Crippen LogP contribution in [0.2, 0.25) is 0 Å². The van der Waals surface area contributed by atoms with E-state index >= 15 is 0 Å². The van der Waals surface area contributed by atoms with E-state index in [9.17, 15) is 9.59 Å². The molecule has 1 fully saturated rings. The maximum Gasteiger partial charge on any atom is 0.256 e. The van der Waals surface area contributed by atoms with Gasteiger partial charge < -0.3 is 5.32 Å². The summed E-state index contributed by atoms with van der Waals surface area (Å²) in [4.78, 5) is 22.8. The van der Waals surface area contributed by atoms with Crippen molar-refractivity contribution in [2.45, 2.75) is 6.42 Å². The van der Waals surface area contributed by atoms with Gasteiger partial charge in [-0.2, -0.15) is 0 Å². The fourth-order valence-electron chi connectivity index (χ4n) is 1.16. The number of rotatable bonds is 0. The van der Waals surface area contributed by atoms with Crippen LogP contribution in [-0.4, -0.2) is 18.2 Å². The van der Waals surface area contributed by atoms with Crippen LogP contribution in [-0.2, 0) is 9.59 Å². The molecule has 0 bridgehead atoms. The van der Waals surface area contributed by atoms with E-state index in [1.807, 2.05) is 10.8 Å². The molecular weight excluding hydrogens is 206 g/mol. The van der Waals surface area contributed by atoms with Crippen molar-refractivity contribution in [3.63, 3.8) is 0 Å². The molecule has 2 aliphatic rings. The van der Waals surface area contributed by atoms with Gasteiger partial charge in [0.25, 0.3) is 5.91 Å². The standard InChI is InChI=1S/C8H7NO2S2/c10-5-1-2-9-7(11)6(5)8-12-3-4-13-8/h3-4H,1-2H2,(H,9,11). The molecule has 0 aliphatic carbocycles. The molecule has 13 heavy (non-hydrogen) atoms. The fraction of sp³-hybridized carbons (Fsp3) is 0.250. The van der Waals surface area contributed by atoms with Crippen LogP contribution in [0.3, 0.4) is 0 Å². The molecule has 1 amide bonds. The van der Waals surface area contributed by atoms with Crippen molar-refractivity contribution in [1.82, 2.24) is 5.32 Å². The molecule has 3 nitrogen and oxygen atoms in total. The van der Waals surface area contributed by atoms with E-state index in [-0.39, 0.29) is 11.7 Å². The number of thioether (sulfide) groups is 2. The number of nitrogens with one attached hydrogen (secondary N) is 1. The molecule has 5 heteroatoms. The Morgan fingerprint density at radius 3 is 2.54 bits per heavy atom. The van der Waals surface area contributed by atoms with Gasteiger partial charge >= 0.3 is 0 Å². The number of hydrogen-bond acceptors (Lipinski definition) is 4. The molecule has 68 valence electrons. The Kier molecular flexibility index (Phi) is 2.46. The van der Waals surface area contributed by atoms with Crippen molar-refractivity contribution >= 4 is 35.2 Å². The van der Waals surface area contributed by atoms with E-state index in [0.717, 1.165) is 4.24 Å². The van der Waals surface area contributed by atoms with E-state index < -0.39 is 0 Å². The summed E-state index contributed by atoms with van der Waals surface area (Å²) in [7, 11) is 0. The number of amides is 1. The van der Waals surface area contributed by atoms with Gasteiger partial charge in [0.2, 0.25) is 0 Å². The molecule has 1 saturated heterocycles. The summed E-state index contributed by atoms with van der Waals surface area (Å²) in [6.07, 6.45) is 0.422. The van der Waals surface area contributed by atoms with Crippen LogP contribution in [0.15, 0.2) is 20.6 Å². The third-order valence-corrected chi connectivity index (χ3v) is 3.88. The maximum atomic E-state index is 11.4. The predicted octanol–water partition coefficient (Wildman–Crippen LogP) is 1.24. The van der Waals surface area contributed by atoms with Crippen molar-refractivity contribution in [3.05, 3.63) is 20.6 Å². The summed E-state index contributed by atoms with van der Waals surface area (Å²) >= 11 is 2.87. The van der Waals surface area contributed by atoms with E-state index in [4.69, 9.17) is 0 Å². The number of carbonyl (C=O) groups excluding carboxylic acids is 2. The minimum Gasteiger partial charge on any atom is -0.351 e. The number of piperidine rings is 1. The first-order chi connectivity index (χ1) is 6.29. The Balaban J connectivity index is 2.33. The molecule has 0 unspecified atom stereocenters. The fourth-order valence-corrected chi connectivity index (χ4v) is 3.06. The molecule has 0 aromatic rings. The maximum absolute atomic E-state index is 11.4. The van der Waals surface area contributed by atoms with Gasteiger partial charge in [0, 0.05) is 13.0 Å². The Bertz CT molecular complexity index is 305. The highest BCUT2D eigenvalue weighted by Gasteiger charge is 2.27. The predicted molar refractivity (Wildman–Crippen MR) is 54.0 cm³/mol. The number of carbonyl (C=O) groups is 2. The third-order valence-electron chi connectivity index (χ3n) is 1.75. The average molecular weight is 213 g/mol. The Morgan fingerprint density at radius 1 is 1.23 bits per heavy atom. The number of hydrogen-bond donors (Lipinski definition) is 1. The number of ketones is 1. The lowest BCUT2D eigenvalue weighted by Gasteiger charge is -2.14. The first-order valence-electron chi connectivity index (χ1n) is 3.83. The van der Waals surface area contributed by atoms with Crippen LogP contribution in [0.5, 0.6) is 0 Å². The zero-order valence-electron chi connectivity index (χ0n) is 6.70. The highest BCUT2D eigenvalue weighted by atomic mass is 32.2. The summed E-state index contributed by atoms with van der Waals surface area (Å²) < 4.78 is 0.808. The van der Waals surface area contributed by atoms with Crippen molar-refractivity contribution < 1.29 is 9.59 Å². The minimum absolute atomic E-state index is 0.0394. The van der Waals surface area contributed by atoms with Gasteiger partial charge in [0.05, 0.1) is 4.24 Å². The zero-order valence-corrected chi connectivity index (χ0v) is 8.33. The van der Waals surface area contributed by atoms with Crippen LogP contribution >= 0.6 is 23.5 Å². The lowest BCUT2D eigenvalue weighted by molar-refractivity contribution is -0.124. The minimum atomic E-state index is -0.227. The van der Waals surface area contributed by atoms with Crippen molar-refractivity contribution in [2.75, 3.05) is 6.54 Å². The van der Waals surface area contributed by atoms with Crippen LogP contribution in [0, 0.1) is 0 Å². The van der Waals surface area contributed by atoms with Crippen LogP contribution in [0.1, 0.15) is 6.42 Å². The summed E-state index contributed by atoms with van der Waals surface area (Å²) in [6, 6.07) is 0. The van der Waals surface area contributed by atoms with Crippen LogP contribution in [0.4, 0.5) is 0 Å². The van der Waals surface area contributed by atoms with Crippen molar-refractivity contribution in [2.24, 2.45) is 0 Å². The quantitative estimate of drug-likeness (QED) is 0.486. The Hall–Kier alpha value is -0.680. The van der Waals surface area contributed by atoms with Gasteiger partial charge in [0.15, 0.2) is 5.78 Å². The lowest BCUT2D eigenvalue weighted by Crippen LogP contribution is -2.36. The molecule has 2 rings (SSSR count). The van der Waals surface area contributed by atoms with E-state index in [2.05, 4.69) is 5.32 Å². The largest absolute Gasteiger partial charge is 0.351 e. The first kappa shape index (κ1) is 8.90. The van der Waals surface area contributed by atoms with Gasteiger partial charge in [-0.25, -0.2) is 0 Å². The molecule has 2 aliphatic heterocycles. The third kappa shape index (κ3) is 1.66. The average Bonchev–Trinajstić information content (AvgIpc) is 2.57. The zero-order chi connectivity index (χ0) is 9.26. The normalized spacial score (nSPS) is 22.5. The molecule has 0 saturated carbocycles. The molecule has 0 aromatic carbocycles. The van der Waals surface area contributed by atoms with E-state index in [1.165, 1.54) is 23.5 Å². The molecular formula is C8H7NO2S2. The Morgan fingerprint density at radius 2 is 1.92 bits per heavy atom. The van der Waals surface area contributed by atoms with Gasteiger partial charge in [-0.05, 0) is 10.8 Å². The SMILES string of the molecule is O=C1CCNC(=O)C1=C1SC=CS1. The van der Waals surface area contributed by atoms with E-state index in [0.29, 0.717) is 18.5 Å². The highest BCUT2D eigenvalue weighted by molar-refractivity contribution is 8.27. The number of Topliss-reactive ketones (excluding diaryl/α,β-unsaturated/α-hetero) is 1. The molecule has 0 aromatic heterocycles. The molecule has 2 heterocycles. The van der Waals surface area contributed by atoms with Crippen LogP contribution < -0.4 is 5.32 Å². The highest BCUT2D eigenvalue weighted by Crippen LogP contribution is 2.40. The molecule has 0 atom stereocenters. The van der Waals surface area contributed by atoms with Gasteiger partial charge in [-0.1, -0.05) is 23.5 Å². The lowest BCUT2D eigenvalue weighted by atomic mass is 10.1. The smallest absolute Gasteiger partial charge is 0.256 e. The topological polar surface area (TPSA) is 46.2 Å². The summed E-state index contributed by atoms with van der Waals surface area (Å²) in [5, 5.41) is 6.42. The van der Waals surface area contributed by atoms with Crippen molar-refractivity contribution in [1.29, 1.82) is 0 Å².